The largest absolute Gasteiger partial charge is 0.390 e. The summed E-state index contributed by atoms with van der Waals surface area (Å²) in [7, 11) is 0. The van der Waals surface area contributed by atoms with Crippen LogP contribution >= 0.6 is 23.2 Å². The first-order valence-electron chi connectivity index (χ1n) is 24.4. The first-order chi connectivity index (χ1) is 28.3. The number of alkyl halides is 2. The van der Waals surface area contributed by atoms with Crippen molar-refractivity contribution in [1.82, 2.24) is 10.8 Å². The summed E-state index contributed by atoms with van der Waals surface area (Å²) in [5.41, 5.74) is 3.33. The predicted octanol–water partition coefficient (Wildman–Crippen LogP) is 9.86. The van der Waals surface area contributed by atoms with Crippen LogP contribution in [-0.4, -0.2) is 81.9 Å². The lowest BCUT2D eigenvalue weighted by atomic mass is 9.64. The summed E-state index contributed by atoms with van der Waals surface area (Å²) >= 11 is 14.3. The number of hydrogen-bond acceptors (Lipinski definition) is 9. The van der Waals surface area contributed by atoms with Gasteiger partial charge in [0.05, 0.1) is 47.6 Å². The van der Waals surface area contributed by atoms with Crippen molar-refractivity contribution >= 4 is 29.1 Å². The number of aliphatic hydroxyl groups is 2. The summed E-state index contributed by atoms with van der Waals surface area (Å²) in [5.74, 6) is 2.37. The van der Waals surface area contributed by atoms with E-state index in [0.717, 1.165) is 89.9 Å². The molecular formula is C46H76Cl2N6O4. The number of hydrogen-bond donors (Lipinski definition) is 4. The van der Waals surface area contributed by atoms with E-state index in [0.29, 0.717) is 48.2 Å². The summed E-state index contributed by atoms with van der Waals surface area (Å²) in [4.78, 5) is 19.6. The van der Waals surface area contributed by atoms with Crippen LogP contribution in [-0.2, 0) is 9.63 Å². The first kappa shape index (κ1) is 43.7. The maximum atomic E-state index is 13.5. The maximum absolute atomic E-state index is 13.5. The van der Waals surface area contributed by atoms with Crippen molar-refractivity contribution in [3.63, 3.8) is 0 Å². The highest BCUT2D eigenvalue weighted by Crippen LogP contribution is 2.48. The van der Waals surface area contributed by atoms with Crippen molar-refractivity contribution in [3.8, 4) is 0 Å². The predicted molar refractivity (Wildman–Crippen MR) is 229 cm³/mol. The van der Waals surface area contributed by atoms with E-state index in [1.54, 1.807) is 0 Å². The molecular weight excluding hydrogens is 771 g/mol. The fourth-order valence-electron chi connectivity index (χ4n) is 13.5. The van der Waals surface area contributed by atoms with E-state index in [9.17, 15) is 15.0 Å². The number of nitrogens with one attached hydrogen (secondary N) is 2. The number of carbonyl (C=O) groups excluding carboxylic acids is 1. The minimum absolute atomic E-state index is 0.0206. The molecule has 1 amide bonds. The van der Waals surface area contributed by atoms with Crippen molar-refractivity contribution < 1.29 is 19.8 Å². The molecule has 58 heavy (non-hydrogen) atoms. The minimum atomic E-state index is -0.793. The number of fused-ring (bicyclic) bond motifs is 2. The van der Waals surface area contributed by atoms with Gasteiger partial charge in [-0.2, -0.15) is 25.9 Å². The molecule has 328 valence electrons. The highest BCUT2D eigenvalue weighted by atomic mass is 35.5. The standard InChI is InChI=1S/C46H76Cl2N6O4/c47-38-25-28(19-21-40(38)50-52-42-35-17-9-7-11-30(35)23-32(44(42)55)27-58-54-34-15-5-2-6-16-34)29-20-22-41(39(48)26-29)51-53-43-36-18-10-8-12-31(36)24-37(45(43)56)46(57)49-33-13-3-1-4-14-33/h28-45,54-56H,1-27H2,(H,49,57). The highest BCUT2D eigenvalue weighted by molar-refractivity contribution is 6.21. The SMILES string of the molecule is O=C(NC1CCCCC1)C1CC2CCCCC2C(N=NC2CCC(C3CCC(N=NC4C(O)C(CONC5CCCCC5)CC5CCCCC54)C(Cl)C3)CC2Cl)C1O. The van der Waals surface area contributed by atoms with E-state index in [4.69, 9.17) is 48.5 Å². The maximum Gasteiger partial charge on any atom is 0.226 e. The zero-order valence-corrected chi connectivity index (χ0v) is 36.8. The Morgan fingerprint density at radius 2 is 1.03 bits per heavy atom. The summed E-state index contributed by atoms with van der Waals surface area (Å²) in [5, 5.41) is 46.3. The van der Waals surface area contributed by atoms with Gasteiger partial charge in [-0.15, -0.1) is 23.2 Å². The molecule has 8 aliphatic carbocycles. The smallest absolute Gasteiger partial charge is 0.226 e. The number of carbonyl (C=O) groups is 1. The van der Waals surface area contributed by atoms with Crippen LogP contribution in [0.5, 0.6) is 0 Å². The molecule has 12 heteroatoms. The molecule has 0 heterocycles. The number of amides is 1. The van der Waals surface area contributed by atoms with Crippen molar-refractivity contribution in [2.24, 2.45) is 67.8 Å². The van der Waals surface area contributed by atoms with Crippen LogP contribution in [0.4, 0.5) is 0 Å². The van der Waals surface area contributed by atoms with E-state index in [-0.39, 0.29) is 52.8 Å². The second kappa shape index (κ2) is 21.0. The second-order valence-corrected chi connectivity index (χ2v) is 21.7. The van der Waals surface area contributed by atoms with Gasteiger partial charge in [0.15, 0.2) is 0 Å². The third-order valence-corrected chi connectivity index (χ3v) is 17.9. The highest BCUT2D eigenvalue weighted by Gasteiger charge is 2.49. The van der Waals surface area contributed by atoms with Crippen LogP contribution in [0.2, 0.25) is 0 Å². The van der Waals surface area contributed by atoms with Crippen LogP contribution < -0.4 is 10.8 Å². The summed E-state index contributed by atoms with van der Waals surface area (Å²) in [6.45, 7) is 0.532. The van der Waals surface area contributed by atoms with Crippen LogP contribution in [0.25, 0.3) is 0 Å². The summed E-state index contributed by atoms with van der Waals surface area (Å²) in [6, 6.07) is 0.0888. The van der Waals surface area contributed by atoms with Crippen LogP contribution in [0.1, 0.15) is 167 Å². The molecule has 10 nitrogen and oxygen atoms in total. The quantitative estimate of drug-likeness (QED) is 0.0932. The molecule has 0 spiro atoms. The Morgan fingerprint density at radius 3 is 1.60 bits per heavy atom. The zero-order valence-electron chi connectivity index (χ0n) is 35.2. The summed E-state index contributed by atoms with van der Waals surface area (Å²) < 4.78 is 0. The fourth-order valence-corrected chi connectivity index (χ4v) is 14.3. The number of hydroxylamine groups is 1. The fraction of sp³-hybridized carbons (Fsp3) is 0.978. The van der Waals surface area contributed by atoms with E-state index in [2.05, 4.69) is 10.8 Å². The number of halogens is 2. The molecule has 8 rings (SSSR count). The minimum Gasteiger partial charge on any atom is -0.390 e. The molecule has 16 atom stereocenters. The lowest BCUT2D eigenvalue weighted by Gasteiger charge is -2.45. The number of aliphatic hydroxyl groups excluding tert-OH is 2. The molecule has 8 aliphatic rings. The van der Waals surface area contributed by atoms with Gasteiger partial charge in [0.25, 0.3) is 0 Å². The Hall–Kier alpha value is -0.910. The zero-order chi connectivity index (χ0) is 40.0. The van der Waals surface area contributed by atoms with Gasteiger partial charge in [-0.25, -0.2) is 0 Å². The third-order valence-electron chi connectivity index (χ3n) is 16.9. The van der Waals surface area contributed by atoms with E-state index >= 15 is 0 Å². The van der Waals surface area contributed by atoms with Gasteiger partial charge >= 0.3 is 0 Å². The first-order valence-corrected chi connectivity index (χ1v) is 25.3. The second-order valence-electron chi connectivity index (χ2n) is 20.6. The Morgan fingerprint density at radius 1 is 0.534 bits per heavy atom. The van der Waals surface area contributed by atoms with Gasteiger partial charge in [0.1, 0.15) is 12.1 Å². The molecule has 8 saturated carbocycles. The monoisotopic (exact) mass is 847 g/mol. The van der Waals surface area contributed by atoms with E-state index in [1.807, 2.05) is 0 Å². The van der Waals surface area contributed by atoms with Crippen molar-refractivity contribution in [3.05, 3.63) is 0 Å². The average molecular weight is 848 g/mol. The van der Waals surface area contributed by atoms with Gasteiger partial charge < -0.3 is 20.4 Å². The number of rotatable bonds is 11. The number of azo groups is 2. The average Bonchev–Trinajstić information content (AvgIpc) is 3.24. The summed E-state index contributed by atoms with van der Waals surface area (Å²) in [6.07, 6.45) is 27.4. The molecule has 4 N–H and O–H groups in total. The van der Waals surface area contributed by atoms with Crippen LogP contribution in [0.15, 0.2) is 20.5 Å². The molecule has 8 fully saturated rings. The van der Waals surface area contributed by atoms with Crippen molar-refractivity contribution in [2.45, 2.75) is 226 Å². The van der Waals surface area contributed by atoms with Gasteiger partial charge in [-0.05, 0) is 125 Å². The van der Waals surface area contributed by atoms with Crippen LogP contribution in [0, 0.1) is 47.3 Å². The molecule has 0 aromatic rings. The molecule has 0 aromatic carbocycles. The van der Waals surface area contributed by atoms with Gasteiger partial charge in [0.2, 0.25) is 5.91 Å². The Kier molecular flexibility index (Phi) is 15.8. The Labute approximate surface area is 359 Å². The normalized spacial score (nSPS) is 44.8. The van der Waals surface area contributed by atoms with Gasteiger partial charge in [-0.1, -0.05) is 77.0 Å². The Bertz CT molecular complexity index is 1360. The van der Waals surface area contributed by atoms with E-state index in [1.165, 1.54) is 77.0 Å². The van der Waals surface area contributed by atoms with Crippen molar-refractivity contribution in [2.75, 3.05) is 6.61 Å². The van der Waals surface area contributed by atoms with Gasteiger partial charge in [-0.3, -0.25) is 4.79 Å². The molecule has 0 radical (unpaired) electrons. The molecule has 0 saturated heterocycles. The molecule has 0 aromatic heterocycles. The molecule has 0 bridgehead atoms. The lowest BCUT2D eigenvalue weighted by Crippen LogP contribution is -2.54. The molecule has 0 aliphatic heterocycles. The van der Waals surface area contributed by atoms with E-state index < -0.39 is 18.1 Å². The third kappa shape index (κ3) is 10.6. The topological polar surface area (TPSA) is 140 Å². The Balaban J connectivity index is 0.827. The number of nitrogens with zero attached hydrogens (tertiary/aromatic N) is 4. The van der Waals surface area contributed by atoms with Crippen LogP contribution in [0.3, 0.4) is 0 Å². The molecule has 16 unspecified atom stereocenters. The van der Waals surface area contributed by atoms with Crippen molar-refractivity contribution in [1.29, 1.82) is 0 Å². The van der Waals surface area contributed by atoms with Gasteiger partial charge in [0, 0.05) is 18.0 Å². The lowest BCUT2D eigenvalue weighted by molar-refractivity contribution is -0.135.